The number of carboxylic acid groups (broad SMARTS) is 1. The molecule has 0 saturated heterocycles. The van der Waals surface area contributed by atoms with Crippen molar-refractivity contribution in [3.05, 3.63) is 47.4 Å². The summed E-state index contributed by atoms with van der Waals surface area (Å²) in [6.07, 6.45) is -1.13. The fraction of sp³-hybridized carbons (Fsp3) is 0.143. The van der Waals surface area contributed by atoms with E-state index in [2.05, 4.69) is 0 Å². The number of furan rings is 1. The summed E-state index contributed by atoms with van der Waals surface area (Å²) < 4.78 is 10.5. The number of halogens is 1. The summed E-state index contributed by atoms with van der Waals surface area (Å²) in [5.74, 6) is -1.23. The Morgan fingerprint density at radius 1 is 1.24 bits per heavy atom. The number of nitrogens with zero attached hydrogens (tertiary/aromatic N) is 1. The third-order valence-corrected chi connectivity index (χ3v) is 3.28. The lowest BCUT2D eigenvalue weighted by atomic mass is 10.1. The minimum absolute atomic E-state index is 0.0424. The van der Waals surface area contributed by atoms with Gasteiger partial charge in [-0.15, -0.1) is 0 Å². The minimum atomic E-state index is -1.14. The molecule has 1 N–H and O–H groups in total. The zero-order chi connectivity index (χ0) is 15.0. The molecule has 0 fully saturated rings. The van der Waals surface area contributed by atoms with Crippen LogP contribution in [0.5, 0.6) is 5.75 Å². The summed E-state index contributed by atoms with van der Waals surface area (Å²) >= 11 is 5.67. The first kappa shape index (κ1) is 13.5. The Kier molecular flexibility index (Phi) is 3.31. The van der Waals surface area contributed by atoms with Gasteiger partial charge in [-0.3, -0.25) is 9.69 Å². The van der Waals surface area contributed by atoms with Crippen LogP contribution in [-0.4, -0.2) is 29.6 Å². The number of fused-ring (bicyclic) bond motifs is 1. The fourth-order valence-corrected chi connectivity index (χ4v) is 2.26. The van der Waals surface area contributed by atoms with Crippen LogP contribution in [0.3, 0.4) is 0 Å². The maximum absolute atomic E-state index is 12.5. The van der Waals surface area contributed by atoms with E-state index in [-0.39, 0.29) is 17.5 Å². The average molecular weight is 308 g/mol. The second-order valence-electron chi connectivity index (χ2n) is 4.43. The summed E-state index contributed by atoms with van der Waals surface area (Å²) in [6.45, 7) is -0.108. The largest absolute Gasteiger partial charge is 0.478 e. The molecule has 21 heavy (non-hydrogen) atoms. The van der Waals surface area contributed by atoms with Gasteiger partial charge in [0.25, 0.3) is 5.91 Å². The van der Waals surface area contributed by atoms with Gasteiger partial charge in [0.1, 0.15) is 5.75 Å². The first-order valence-corrected chi connectivity index (χ1v) is 6.50. The van der Waals surface area contributed by atoms with Crippen LogP contribution in [-0.2, 0) is 4.79 Å². The molecule has 1 aromatic carbocycles. The quantitative estimate of drug-likeness (QED) is 0.921. The second-order valence-corrected chi connectivity index (χ2v) is 4.80. The van der Waals surface area contributed by atoms with Crippen molar-refractivity contribution in [3.63, 3.8) is 0 Å². The molecular formula is C14H10ClNO5. The molecule has 108 valence electrons. The van der Waals surface area contributed by atoms with Crippen LogP contribution in [0.1, 0.15) is 10.6 Å². The highest BCUT2D eigenvalue weighted by molar-refractivity contribution is 6.29. The molecule has 0 aliphatic carbocycles. The predicted molar refractivity (Wildman–Crippen MR) is 73.9 cm³/mol. The molecule has 1 aliphatic heterocycles. The molecule has 1 aliphatic rings. The van der Waals surface area contributed by atoms with Crippen LogP contribution < -0.4 is 9.64 Å². The van der Waals surface area contributed by atoms with Gasteiger partial charge in [0, 0.05) is 0 Å². The highest BCUT2D eigenvalue weighted by Gasteiger charge is 2.34. The molecule has 2 heterocycles. The number of hydrogen-bond donors (Lipinski definition) is 1. The van der Waals surface area contributed by atoms with Gasteiger partial charge in [0.15, 0.2) is 11.0 Å². The lowest BCUT2D eigenvalue weighted by Gasteiger charge is -2.32. The van der Waals surface area contributed by atoms with Crippen molar-refractivity contribution in [1.29, 1.82) is 0 Å². The van der Waals surface area contributed by atoms with Crippen molar-refractivity contribution in [1.82, 2.24) is 0 Å². The van der Waals surface area contributed by atoms with Crippen molar-refractivity contribution >= 4 is 29.2 Å². The molecule has 3 rings (SSSR count). The molecule has 1 amide bonds. The van der Waals surface area contributed by atoms with Gasteiger partial charge < -0.3 is 14.3 Å². The van der Waals surface area contributed by atoms with E-state index in [9.17, 15) is 9.59 Å². The number of carbonyl (C=O) groups excluding carboxylic acids is 1. The molecule has 0 spiro atoms. The maximum Gasteiger partial charge on any atom is 0.346 e. The topological polar surface area (TPSA) is 80.0 Å². The molecular weight excluding hydrogens is 298 g/mol. The Bertz CT molecular complexity index is 711. The summed E-state index contributed by atoms with van der Waals surface area (Å²) in [5.41, 5.74) is 0.493. The summed E-state index contributed by atoms with van der Waals surface area (Å²) in [4.78, 5) is 24.9. The monoisotopic (exact) mass is 307 g/mol. The van der Waals surface area contributed by atoms with Gasteiger partial charge >= 0.3 is 5.97 Å². The predicted octanol–water partition coefficient (Wildman–Crippen LogP) is 2.43. The summed E-state index contributed by atoms with van der Waals surface area (Å²) in [5, 5.41) is 9.22. The van der Waals surface area contributed by atoms with E-state index in [1.54, 1.807) is 24.3 Å². The van der Waals surface area contributed by atoms with Gasteiger partial charge in [-0.1, -0.05) is 12.1 Å². The standard InChI is InChI=1S/C14H10ClNO5/c15-12-6-5-10(21-12)13(17)16-7-11(14(18)19)20-9-4-2-1-3-8(9)16/h1-6,11H,7H2,(H,18,19). The number of carboxylic acids is 1. The number of para-hydroxylation sites is 2. The number of benzene rings is 1. The van der Waals surface area contributed by atoms with Crippen molar-refractivity contribution in [3.8, 4) is 5.75 Å². The first-order valence-electron chi connectivity index (χ1n) is 6.12. The van der Waals surface area contributed by atoms with Gasteiger partial charge in [-0.05, 0) is 35.9 Å². The number of rotatable bonds is 2. The van der Waals surface area contributed by atoms with Crippen LogP contribution in [0.25, 0.3) is 0 Å². The Balaban J connectivity index is 2.00. The molecule has 0 saturated carbocycles. The van der Waals surface area contributed by atoms with Crippen LogP contribution in [0.4, 0.5) is 5.69 Å². The van der Waals surface area contributed by atoms with E-state index < -0.39 is 18.0 Å². The SMILES string of the molecule is O=C(O)C1CN(C(=O)c2ccc(Cl)o2)c2ccccc2O1. The van der Waals surface area contributed by atoms with Crippen molar-refractivity contribution < 1.29 is 23.8 Å². The van der Waals surface area contributed by atoms with Gasteiger partial charge in [-0.2, -0.15) is 0 Å². The van der Waals surface area contributed by atoms with Crippen LogP contribution in [0.15, 0.2) is 40.8 Å². The molecule has 0 bridgehead atoms. The fourth-order valence-electron chi connectivity index (χ4n) is 2.12. The number of anilines is 1. The number of ether oxygens (including phenoxy) is 1. The molecule has 1 unspecified atom stereocenters. The number of amides is 1. The maximum atomic E-state index is 12.5. The lowest BCUT2D eigenvalue weighted by molar-refractivity contribution is -0.144. The Hall–Kier alpha value is -2.47. The average Bonchev–Trinajstić information content (AvgIpc) is 2.92. The van der Waals surface area contributed by atoms with Gasteiger partial charge in [0.2, 0.25) is 6.10 Å². The van der Waals surface area contributed by atoms with E-state index in [1.807, 2.05) is 0 Å². The number of hydrogen-bond acceptors (Lipinski definition) is 4. The van der Waals surface area contributed by atoms with Gasteiger partial charge in [0.05, 0.1) is 12.2 Å². The minimum Gasteiger partial charge on any atom is -0.478 e. The molecule has 6 nitrogen and oxygen atoms in total. The first-order chi connectivity index (χ1) is 10.1. The van der Waals surface area contributed by atoms with Crippen molar-refractivity contribution in [2.75, 3.05) is 11.4 Å². The number of aliphatic carboxylic acids is 1. The molecule has 1 aromatic heterocycles. The highest BCUT2D eigenvalue weighted by atomic mass is 35.5. The summed E-state index contributed by atoms with van der Waals surface area (Å²) in [7, 11) is 0. The second kappa shape index (κ2) is 5.14. The molecule has 7 heteroatoms. The Labute approximate surface area is 124 Å². The number of carbonyl (C=O) groups is 2. The van der Waals surface area contributed by atoms with E-state index in [1.165, 1.54) is 17.0 Å². The summed E-state index contributed by atoms with van der Waals surface area (Å²) in [6, 6.07) is 9.62. The Morgan fingerprint density at radius 3 is 2.67 bits per heavy atom. The van der Waals surface area contributed by atoms with Crippen molar-refractivity contribution in [2.45, 2.75) is 6.10 Å². The molecule has 0 radical (unpaired) electrons. The molecule has 2 aromatic rings. The van der Waals surface area contributed by atoms with Gasteiger partial charge in [-0.25, -0.2) is 4.79 Å². The Morgan fingerprint density at radius 2 is 2.00 bits per heavy atom. The lowest BCUT2D eigenvalue weighted by Crippen LogP contribution is -2.47. The van der Waals surface area contributed by atoms with Crippen LogP contribution >= 0.6 is 11.6 Å². The van der Waals surface area contributed by atoms with E-state index in [0.717, 1.165) is 0 Å². The van der Waals surface area contributed by atoms with Crippen LogP contribution in [0, 0.1) is 0 Å². The third kappa shape index (κ3) is 2.45. The smallest absolute Gasteiger partial charge is 0.346 e. The molecule has 1 atom stereocenters. The van der Waals surface area contributed by atoms with E-state index in [4.69, 9.17) is 25.9 Å². The van der Waals surface area contributed by atoms with Crippen LogP contribution in [0.2, 0.25) is 5.22 Å². The normalized spacial score (nSPS) is 17.0. The zero-order valence-electron chi connectivity index (χ0n) is 10.7. The van der Waals surface area contributed by atoms with E-state index in [0.29, 0.717) is 11.4 Å². The highest BCUT2D eigenvalue weighted by Crippen LogP contribution is 2.34. The zero-order valence-corrected chi connectivity index (χ0v) is 11.4. The van der Waals surface area contributed by atoms with E-state index >= 15 is 0 Å². The van der Waals surface area contributed by atoms with Crippen molar-refractivity contribution in [2.24, 2.45) is 0 Å². The third-order valence-electron chi connectivity index (χ3n) is 3.08.